The molecule has 5 rings (SSSR count). The Morgan fingerprint density at radius 1 is 1.05 bits per heavy atom. The van der Waals surface area contributed by atoms with Gasteiger partial charge in [-0.05, 0) is 72.4 Å². The van der Waals surface area contributed by atoms with Gasteiger partial charge in [0, 0.05) is 10.7 Å². The van der Waals surface area contributed by atoms with Gasteiger partial charge in [-0.2, -0.15) is 0 Å². The van der Waals surface area contributed by atoms with E-state index in [1.165, 1.54) is 17.3 Å². The topological polar surface area (TPSA) is 67.9 Å². The molecule has 0 spiro atoms. The number of fused-ring (bicyclic) bond motifs is 1. The lowest BCUT2D eigenvalue weighted by atomic mass is 9.91. The van der Waals surface area contributed by atoms with E-state index in [1.54, 1.807) is 11.8 Å². The smallest absolute Gasteiger partial charge is 0.338 e. The number of halogens is 1. The summed E-state index contributed by atoms with van der Waals surface area (Å²) in [5.41, 5.74) is 4.80. The second kappa shape index (κ2) is 12.5. The van der Waals surface area contributed by atoms with Crippen LogP contribution in [0.15, 0.2) is 89.0 Å². The van der Waals surface area contributed by atoms with Crippen LogP contribution in [0.5, 0.6) is 5.75 Å². The molecule has 0 saturated carbocycles. The monoisotopic (exact) mass is 588 g/mol. The molecule has 0 bridgehead atoms. The zero-order valence-corrected chi connectivity index (χ0v) is 25.1. The Morgan fingerprint density at radius 3 is 2.37 bits per heavy atom. The Labute approximate surface area is 250 Å². The number of hydrogen-bond donors (Lipinski definition) is 1. The van der Waals surface area contributed by atoms with Crippen molar-refractivity contribution in [2.24, 2.45) is 0 Å². The zero-order chi connectivity index (χ0) is 29.1. The van der Waals surface area contributed by atoms with Gasteiger partial charge in [0.05, 0.1) is 23.1 Å². The number of hydrogen-bond acceptors (Lipinski definition) is 6. The Kier molecular flexibility index (Phi) is 8.76. The molecule has 2 unspecified atom stereocenters. The van der Waals surface area contributed by atoms with Gasteiger partial charge in [-0.15, -0.1) is 0 Å². The van der Waals surface area contributed by atoms with Crippen LogP contribution >= 0.6 is 23.4 Å². The third-order valence-electron chi connectivity index (χ3n) is 7.14. The predicted octanol–water partition coefficient (Wildman–Crippen LogP) is 7.42. The quantitative estimate of drug-likeness (QED) is 0.218. The van der Waals surface area contributed by atoms with Crippen LogP contribution in [0.2, 0.25) is 5.02 Å². The highest BCUT2D eigenvalue weighted by molar-refractivity contribution is 8.05. The van der Waals surface area contributed by atoms with Crippen LogP contribution in [0.1, 0.15) is 61.9 Å². The van der Waals surface area contributed by atoms with E-state index >= 15 is 0 Å². The first-order valence-corrected chi connectivity index (χ1v) is 14.9. The standard InChI is InChI=1S/C33H33ClN2O4S/c1-5-39-32(38)29-21(4)35-33-36(30(29)25-12-10-24(11-13-25)20(2)3)31(37)28(41-33)18-22-8-16-27(17-9-22)40-19-23-6-14-26(34)15-7-23/h6-18,20,30,33,35H,5,19H2,1-4H3. The average Bonchev–Trinajstić information content (AvgIpc) is 3.26. The SMILES string of the molecule is CCOC(=O)C1=C(C)NC2SC(=Cc3ccc(OCc4ccc(Cl)cc4)cc3)C(=O)N2C1c1ccc(C(C)C)cc1. The summed E-state index contributed by atoms with van der Waals surface area (Å²) in [6, 6.07) is 22.8. The number of benzene rings is 3. The molecule has 41 heavy (non-hydrogen) atoms. The summed E-state index contributed by atoms with van der Waals surface area (Å²) < 4.78 is 11.3. The molecule has 2 aliphatic rings. The van der Waals surface area contributed by atoms with Gasteiger partial charge in [0.2, 0.25) is 0 Å². The lowest BCUT2D eigenvalue weighted by molar-refractivity contribution is -0.140. The molecular weight excluding hydrogens is 556 g/mol. The van der Waals surface area contributed by atoms with Gasteiger partial charge in [-0.1, -0.05) is 85.7 Å². The maximum Gasteiger partial charge on any atom is 0.338 e. The molecule has 2 aliphatic heterocycles. The zero-order valence-electron chi connectivity index (χ0n) is 23.5. The molecule has 0 radical (unpaired) electrons. The number of esters is 1. The Morgan fingerprint density at radius 2 is 1.73 bits per heavy atom. The van der Waals surface area contributed by atoms with Crippen LogP contribution in [0.25, 0.3) is 6.08 Å². The van der Waals surface area contributed by atoms with Crippen LogP contribution < -0.4 is 10.1 Å². The molecule has 2 heterocycles. The minimum Gasteiger partial charge on any atom is -0.489 e. The molecule has 1 fully saturated rings. The van der Waals surface area contributed by atoms with Crippen LogP contribution in [0.4, 0.5) is 0 Å². The van der Waals surface area contributed by atoms with E-state index in [-0.39, 0.29) is 18.0 Å². The number of nitrogens with one attached hydrogen (secondary N) is 1. The number of carbonyl (C=O) groups excluding carboxylic acids is 2. The van der Waals surface area contributed by atoms with Crippen LogP contribution in [-0.2, 0) is 20.9 Å². The maximum absolute atomic E-state index is 13.9. The second-order valence-corrected chi connectivity index (χ2v) is 11.9. The number of rotatable bonds is 8. The highest BCUT2D eigenvalue weighted by atomic mass is 35.5. The third kappa shape index (κ3) is 6.31. The fourth-order valence-corrected chi connectivity index (χ4v) is 6.28. The number of carbonyl (C=O) groups is 2. The molecule has 6 nitrogen and oxygen atoms in total. The van der Waals surface area contributed by atoms with Crippen molar-refractivity contribution < 1.29 is 19.1 Å². The molecule has 8 heteroatoms. The summed E-state index contributed by atoms with van der Waals surface area (Å²) in [5.74, 6) is 0.552. The van der Waals surface area contributed by atoms with Gasteiger partial charge < -0.3 is 14.8 Å². The fraction of sp³-hybridized carbons (Fsp3) is 0.273. The largest absolute Gasteiger partial charge is 0.489 e. The van der Waals surface area contributed by atoms with E-state index < -0.39 is 12.0 Å². The average molecular weight is 589 g/mol. The number of nitrogens with zero attached hydrogens (tertiary/aromatic N) is 1. The third-order valence-corrected chi connectivity index (χ3v) is 8.51. The van der Waals surface area contributed by atoms with E-state index in [0.717, 1.165) is 22.4 Å². The first kappa shape index (κ1) is 28.8. The van der Waals surface area contributed by atoms with Crippen LogP contribution in [0.3, 0.4) is 0 Å². The predicted molar refractivity (Wildman–Crippen MR) is 164 cm³/mol. The normalized spacial score (nSPS) is 19.4. The molecule has 1 saturated heterocycles. The minimum atomic E-state index is -0.559. The summed E-state index contributed by atoms with van der Waals surface area (Å²) in [5, 5.41) is 4.06. The summed E-state index contributed by atoms with van der Waals surface area (Å²) >= 11 is 7.41. The maximum atomic E-state index is 13.9. The highest BCUT2D eigenvalue weighted by Gasteiger charge is 2.47. The van der Waals surface area contributed by atoms with Crippen molar-refractivity contribution in [2.75, 3.05) is 6.61 Å². The second-order valence-electron chi connectivity index (χ2n) is 10.3. The van der Waals surface area contributed by atoms with Crippen molar-refractivity contribution in [2.45, 2.75) is 51.8 Å². The molecule has 1 N–H and O–H groups in total. The summed E-state index contributed by atoms with van der Waals surface area (Å²) in [6.07, 6.45) is 1.88. The van der Waals surface area contributed by atoms with Crippen molar-refractivity contribution >= 4 is 41.3 Å². The van der Waals surface area contributed by atoms with E-state index in [1.807, 2.05) is 73.7 Å². The molecular formula is C33H33ClN2O4S. The number of amides is 1. The van der Waals surface area contributed by atoms with E-state index in [9.17, 15) is 9.59 Å². The highest BCUT2D eigenvalue weighted by Crippen LogP contribution is 2.46. The van der Waals surface area contributed by atoms with E-state index in [4.69, 9.17) is 21.1 Å². The molecule has 212 valence electrons. The molecule has 3 aromatic carbocycles. The summed E-state index contributed by atoms with van der Waals surface area (Å²) in [6.45, 7) is 8.62. The first-order valence-electron chi connectivity index (χ1n) is 13.7. The number of thioether (sulfide) groups is 1. The Hall–Kier alpha value is -3.68. The molecule has 1 amide bonds. The lowest BCUT2D eigenvalue weighted by Crippen LogP contribution is -2.49. The van der Waals surface area contributed by atoms with Crippen LogP contribution in [-0.4, -0.2) is 28.9 Å². The molecule has 0 aliphatic carbocycles. The van der Waals surface area contributed by atoms with Crippen molar-refractivity contribution in [3.05, 3.63) is 116 Å². The van der Waals surface area contributed by atoms with Gasteiger partial charge in [-0.25, -0.2) is 4.79 Å². The van der Waals surface area contributed by atoms with Gasteiger partial charge in [0.25, 0.3) is 5.91 Å². The summed E-state index contributed by atoms with van der Waals surface area (Å²) in [7, 11) is 0. The van der Waals surface area contributed by atoms with Crippen molar-refractivity contribution in [1.29, 1.82) is 0 Å². The van der Waals surface area contributed by atoms with Crippen LogP contribution in [0, 0.1) is 0 Å². The lowest BCUT2D eigenvalue weighted by Gasteiger charge is -2.39. The Balaban J connectivity index is 1.39. The van der Waals surface area contributed by atoms with Crippen molar-refractivity contribution in [1.82, 2.24) is 10.2 Å². The fourth-order valence-electron chi connectivity index (χ4n) is 4.94. The molecule has 3 aromatic rings. The minimum absolute atomic E-state index is 0.136. The van der Waals surface area contributed by atoms with E-state index in [2.05, 4.69) is 31.3 Å². The summed E-state index contributed by atoms with van der Waals surface area (Å²) in [4.78, 5) is 29.4. The van der Waals surface area contributed by atoms with Crippen molar-refractivity contribution in [3.63, 3.8) is 0 Å². The van der Waals surface area contributed by atoms with Crippen molar-refractivity contribution in [3.8, 4) is 5.75 Å². The van der Waals surface area contributed by atoms with Gasteiger partial charge >= 0.3 is 5.97 Å². The number of ether oxygens (including phenoxy) is 2. The van der Waals surface area contributed by atoms with Gasteiger partial charge in [0.15, 0.2) is 5.50 Å². The van der Waals surface area contributed by atoms with Gasteiger partial charge in [0.1, 0.15) is 12.4 Å². The molecule has 0 aromatic heterocycles. The molecule has 2 atom stereocenters. The van der Waals surface area contributed by atoms with E-state index in [0.29, 0.717) is 33.7 Å². The Bertz CT molecular complexity index is 1480. The first-order chi connectivity index (χ1) is 19.7. The van der Waals surface area contributed by atoms with Gasteiger partial charge in [-0.3, -0.25) is 9.69 Å². The number of allylic oxidation sites excluding steroid dienone is 1.